The Bertz CT molecular complexity index is 458. The second kappa shape index (κ2) is 8.97. The molecule has 0 atom stereocenters. The van der Waals surface area contributed by atoms with Gasteiger partial charge in [-0.15, -0.1) is 0 Å². The Hall–Kier alpha value is -2.08. The molecule has 0 fully saturated rings. The molecule has 116 valence electrons. The third-order valence-corrected chi connectivity index (χ3v) is 2.47. The number of carbonyl (C=O) groups excluding carboxylic acids is 2. The topological polar surface area (TPSA) is 65.1 Å². The number of rotatable bonds is 8. The number of hydrogen-bond acceptors (Lipinski definition) is 6. The molecule has 6 heteroatoms. The lowest BCUT2D eigenvalue weighted by Crippen LogP contribution is -2.33. The summed E-state index contributed by atoms with van der Waals surface area (Å²) >= 11 is 0. The maximum Gasteiger partial charge on any atom is 0.325 e. The molecule has 0 saturated carbocycles. The minimum Gasteiger partial charge on any atom is -0.494 e. The van der Waals surface area contributed by atoms with Gasteiger partial charge in [-0.1, -0.05) is 0 Å². The molecule has 0 aliphatic heterocycles. The summed E-state index contributed by atoms with van der Waals surface area (Å²) in [6.45, 7) is 4.59. The molecular weight excluding hydrogens is 274 g/mol. The molecule has 1 rings (SSSR count). The summed E-state index contributed by atoms with van der Waals surface area (Å²) in [6, 6.07) is 6.78. The zero-order chi connectivity index (χ0) is 15.7. The summed E-state index contributed by atoms with van der Waals surface area (Å²) in [5.41, 5.74) is 0. The van der Waals surface area contributed by atoms with Gasteiger partial charge >= 0.3 is 11.9 Å². The summed E-state index contributed by atoms with van der Waals surface area (Å²) in [7, 11) is 1.65. The van der Waals surface area contributed by atoms with Gasteiger partial charge in [0.25, 0.3) is 0 Å². The van der Waals surface area contributed by atoms with Crippen LogP contribution in [-0.4, -0.2) is 50.2 Å². The maximum atomic E-state index is 11.7. The molecule has 0 spiro atoms. The highest BCUT2D eigenvalue weighted by molar-refractivity contribution is 5.76. The number of ether oxygens (including phenoxy) is 3. The zero-order valence-electron chi connectivity index (χ0n) is 12.6. The van der Waals surface area contributed by atoms with Crippen molar-refractivity contribution in [2.75, 3.05) is 33.4 Å². The van der Waals surface area contributed by atoms with Crippen LogP contribution in [0.25, 0.3) is 0 Å². The number of carbonyl (C=O) groups is 2. The molecule has 0 aromatic heterocycles. The molecule has 0 bridgehead atoms. The van der Waals surface area contributed by atoms with E-state index in [1.807, 2.05) is 6.92 Å². The van der Waals surface area contributed by atoms with Crippen LogP contribution in [0.3, 0.4) is 0 Å². The summed E-state index contributed by atoms with van der Waals surface area (Å²) in [4.78, 5) is 24.5. The molecule has 0 saturated heterocycles. The first-order valence-corrected chi connectivity index (χ1v) is 6.82. The van der Waals surface area contributed by atoms with Gasteiger partial charge in [0.1, 0.15) is 11.5 Å². The minimum absolute atomic E-state index is 0.00598. The molecule has 0 aliphatic rings. The van der Waals surface area contributed by atoms with Crippen molar-refractivity contribution in [3.8, 4) is 11.5 Å². The lowest BCUT2D eigenvalue weighted by Gasteiger charge is -2.14. The summed E-state index contributed by atoms with van der Waals surface area (Å²) < 4.78 is 15.3. The lowest BCUT2D eigenvalue weighted by atomic mass is 10.3. The average molecular weight is 295 g/mol. The first-order valence-electron chi connectivity index (χ1n) is 6.82. The maximum absolute atomic E-state index is 11.7. The molecule has 0 N–H and O–H groups in total. The highest BCUT2D eigenvalue weighted by Gasteiger charge is 2.13. The van der Waals surface area contributed by atoms with Crippen LogP contribution in [0.4, 0.5) is 0 Å². The Balaban J connectivity index is 2.40. The monoisotopic (exact) mass is 295 g/mol. The Labute approximate surface area is 124 Å². The Kier molecular flexibility index (Phi) is 7.25. The van der Waals surface area contributed by atoms with Gasteiger partial charge in [-0.05, 0) is 45.2 Å². The third kappa shape index (κ3) is 6.76. The van der Waals surface area contributed by atoms with E-state index >= 15 is 0 Å². The van der Waals surface area contributed by atoms with Gasteiger partial charge in [-0.3, -0.25) is 14.5 Å². The van der Waals surface area contributed by atoms with Crippen molar-refractivity contribution in [1.29, 1.82) is 0 Å². The van der Waals surface area contributed by atoms with Crippen molar-refractivity contribution in [1.82, 2.24) is 4.90 Å². The average Bonchev–Trinajstić information content (AvgIpc) is 2.41. The van der Waals surface area contributed by atoms with Crippen molar-refractivity contribution in [2.24, 2.45) is 0 Å². The van der Waals surface area contributed by atoms with Gasteiger partial charge in [-0.2, -0.15) is 0 Å². The van der Waals surface area contributed by atoms with Gasteiger partial charge < -0.3 is 14.2 Å². The van der Waals surface area contributed by atoms with Crippen LogP contribution in [0, 0.1) is 0 Å². The van der Waals surface area contributed by atoms with Crippen molar-refractivity contribution >= 4 is 11.9 Å². The molecule has 0 radical (unpaired) electrons. The largest absolute Gasteiger partial charge is 0.494 e. The van der Waals surface area contributed by atoms with Crippen LogP contribution in [0.2, 0.25) is 0 Å². The second-order valence-electron chi connectivity index (χ2n) is 4.36. The Morgan fingerprint density at radius 2 is 1.52 bits per heavy atom. The number of likely N-dealkylation sites (N-methyl/N-ethyl adjacent to an activating group) is 1. The van der Waals surface area contributed by atoms with E-state index < -0.39 is 5.97 Å². The van der Waals surface area contributed by atoms with Crippen LogP contribution >= 0.6 is 0 Å². The molecule has 1 aromatic carbocycles. The van der Waals surface area contributed by atoms with E-state index in [1.165, 1.54) is 4.90 Å². The molecule has 6 nitrogen and oxygen atoms in total. The smallest absolute Gasteiger partial charge is 0.325 e. The fraction of sp³-hybridized carbons (Fsp3) is 0.467. The fourth-order valence-electron chi connectivity index (χ4n) is 1.64. The van der Waals surface area contributed by atoms with E-state index in [0.717, 1.165) is 5.75 Å². The number of benzene rings is 1. The number of esters is 2. The van der Waals surface area contributed by atoms with Crippen LogP contribution in [0.15, 0.2) is 24.3 Å². The number of hydrogen-bond donors (Lipinski definition) is 0. The van der Waals surface area contributed by atoms with E-state index in [9.17, 15) is 9.59 Å². The first kappa shape index (κ1) is 17.0. The van der Waals surface area contributed by atoms with Crippen LogP contribution in [0.1, 0.15) is 13.8 Å². The zero-order valence-corrected chi connectivity index (χ0v) is 12.6. The second-order valence-corrected chi connectivity index (χ2v) is 4.36. The fourth-order valence-corrected chi connectivity index (χ4v) is 1.64. The van der Waals surface area contributed by atoms with E-state index in [0.29, 0.717) is 19.0 Å². The normalized spacial score (nSPS) is 10.3. The standard InChI is InChI=1S/C15H21NO5/c1-4-19-12-6-8-13(9-7-12)21-15(18)11-16(3)10-14(17)20-5-2/h6-9H,4-5,10-11H2,1-3H3. The molecule has 1 aromatic rings. The first-order chi connectivity index (χ1) is 10.0. The molecule has 0 aliphatic carbocycles. The number of nitrogens with zero attached hydrogens (tertiary/aromatic N) is 1. The van der Waals surface area contributed by atoms with E-state index in [2.05, 4.69) is 0 Å². The van der Waals surface area contributed by atoms with E-state index in [1.54, 1.807) is 38.2 Å². The molecule has 0 heterocycles. The van der Waals surface area contributed by atoms with E-state index in [4.69, 9.17) is 14.2 Å². The Morgan fingerprint density at radius 1 is 0.952 bits per heavy atom. The van der Waals surface area contributed by atoms with Gasteiger partial charge in [0.2, 0.25) is 0 Å². The van der Waals surface area contributed by atoms with Gasteiger partial charge in [0, 0.05) is 0 Å². The van der Waals surface area contributed by atoms with Gasteiger partial charge in [0.15, 0.2) is 0 Å². The summed E-state index contributed by atoms with van der Waals surface area (Å²) in [5, 5.41) is 0. The highest BCUT2D eigenvalue weighted by Crippen LogP contribution is 2.17. The lowest BCUT2D eigenvalue weighted by molar-refractivity contribution is -0.145. The van der Waals surface area contributed by atoms with Crippen molar-refractivity contribution in [3.63, 3.8) is 0 Å². The van der Waals surface area contributed by atoms with Crippen LogP contribution < -0.4 is 9.47 Å². The quantitative estimate of drug-likeness (QED) is 0.535. The van der Waals surface area contributed by atoms with Crippen LogP contribution in [0.5, 0.6) is 11.5 Å². The minimum atomic E-state index is -0.439. The molecule has 21 heavy (non-hydrogen) atoms. The van der Waals surface area contributed by atoms with Crippen LogP contribution in [-0.2, 0) is 14.3 Å². The van der Waals surface area contributed by atoms with Crippen molar-refractivity contribution in [2.45, 2.75) is 13.8 Å². The van der Waals surface area contributed by atoms with E-state index in [-0.39, 0.29) is 19.1 Å². The molecule has 0 unspecified atom stereocenters. The summed E-state index contributed by atoms with van der Waals surface area (Å²) in [6.07, 6.45) is 0. The van der Waals surface area contributed by atoms with Gasteiger partial charge in [0.05, 0.1) is 26.3 Å². The molecular formula is C15H21NO5. The molecule has 0 amide bonds. The highest BCUT2D eigenvalue weighted by atomic mass is 16.5. The SMILES string of the molecule is CCOC(=O)CN(C)CC(=O)Oc1ccc(OCC)cc1. The predicted octanol–water partition coefficient (Wildman–Crippen LogP) is 1.49. The predicted molar refractivity (Wildman–Crippen MR) is 77.4 cm³/mol. The summed E-state index contributed by atoms with van der Waals surface area (Å²) in [5.74, 6) is 0.351. The van der Waals surface area contributed by atoms with Crippen molar-refractivity contribution in [3.05, 3.63) is 24.3 Å². The Morgan fingerprint density at radius 3 is 2.10 bits per heavy atom. The third-order valence-electron chi connectivity index (χ3n) is 2.47. The van der Waals surface area contributed by atoms with Crippen molar-refractivity contribution < 1.29 is 23.8 Å². The van der Waals surface area contributed by atoms with Gasteiger partial charge in [-0.25, -0.2) is 0 Å².